The average Bonchev–Trinajstić information content (AvgIpc) is 2.82. The van der Waals surface area contributed by atoms with Gasteiger partial charge in [0.05, 0.1) is 14.2 Å². The molecule has 1 aromatic carbocycles. The van der Waals surface area contributed by atoms with Crippen molar-refractivity contribution in [1.82, 2.24) is 0 Å². The van der Waals surface area contributed by atoms with Crippen LogP contribution in [0, 0.1) is 0 Å². The standard InChI is InChI=1S/C14H14O4/c1-16-13(15)12-9-11(18-14(12)17-2)8-10-6-4-3-5-7-10/h3-7,9H,8H2,1-2H3. The molecule has 2 aromatic rings. The van der Waals surface area contributed by atoms with Gasteiger partial charge in [0.1, 0.15) is 11.3 Å². The van der Waals surface area contributed by atoms with Crippen molar-refractivity contribution in [2.75, 3.05) is 14.2 Å². The number of hydrogen-bond donors (Lipinski definition) is 0. The normalized spacial score (nSPS) is 10.1. The molecule has 94 valence electrons. The van der Waals surface area contributed by atoms with Crippen LogP contribution in [0.1, 0.15) is 21.7 Å². The Bertz CT molecular complexity index is 528. The van der Waals surface area contributed by atoms with Gasteiger partial charge in [-0.05, 0) is 11.6 Å². The Labute approximate surface area is 105 Å². The van der Waals surface area contributed by atoms with E-state index in [1.165, 1.54) is 14.2 Å². The Balaban J connectivity index is 2.25. The van der Waals surface area contributed by atoms with Gasteiger partial charge in [0.25, 0.3) is 5.95 Å². The number of furan rings is 1. The maximum absolute atomic E-state index is 11.5. The van der Waals surface area contributed by atoms with Crippen LogP contribution in [-0.4, -0.2) is 20.2 Å². The zero-order chi connectivity index (χ0) is 13.0. The molecule has 0 aliphatic heterocycles. The van der Waals surface area contributed by atoms with Gasteiger partial charge in [0, 0.05) is 6.42 Å². The van der Waals surface area contributed by atoms with Gasteiger partial charge in [-0.1, -0.05) is 30.3 Å². The molecule has 4 nitrogen and oxygen atoms in total. The third-order valence-corrected chi connectivity index (χ3v) is 2.56. The molecule has 1 heterocycles. The number of ether oxygens (including phenoxy) is 2. The molecule has 0 radical (unpaired) electrons. The molecule has 0 aliphatic carbocycles. The highest BCUT2D eigenvalue weighted by molar-refractivity contribution is 5.91. The van der Waals surface area contributed by atoms with E-state index in [0.29, 0.717) is 17.7 Å². The van der Waals surface area contributed by atoms with Crippen LogP contribution in [0.3, 0.4) is 0 Å². The molecule has 0 saturated carbocycles. The van der Waals surface area contributed by atoms with Gasteiger partial charge in [-0.3, -0.25) is 0 Å². The van der Waals surface area contributed by atoms with Crippen LogP contribution in [0.25, 0.3) is 0 Å². The third kappa shape index (κ3) is 2.53. The summed E-state index contributed by atoms with van der Waals surface area (Å²) >= 11 is 0. The summed E-state index contributed by atoms with van der Waals surface area (Å²) in [6.45, 7) is 0. The monoisotopic (exact) mass is 246 g/mol. The van der Waals surface area contributed by atoms with Crippen molar-refractivity contribution in [3.8, 4) is 5.95 Å². The van der Waals surface area contributed by atoms with Crippen molar-refractivity contribution < 1.29 is 18.7 Å². The van der Waals surface area contributed by atoms with Crippen LogP contribution < -0.4 is 4.74 Å². The second kappa shape index (κ2) is 5.40. The van der Waals surface area contributed by atoms with E-state index >= 15 is 0 Å². The Kier molecular flexibility index (Phi) is 3.67. The molecule has 0 N–H and O–H groups in total. The van der Waals surface area contributed by atoms with Crippen LogP contribution in [0.5, 0.6) is 5.95 Å². The summed E-state index contributed by atoms with van der Waals surface area (Å²) in [7, 11) is 2.78. The van der Waals surface area contributed by atoms with E-state index in [1.54, 1.807) is 6.07 Å². The predicted octanol–water partition coefficient (Wildman–Crippen LogP) is 2.67. The Morgan fingerprint density at radius 1 is 1.22 bits per heavy atom. The van der Waals surface area contributed by atoms with Gasteiger partial charge in [0.15, 0.2) is 0 Å². The highest BCUT2D eigenvalue weighted by atomic mass is 16.6. The molecule has 1 aromatic heterocycles. The van der Waals surface area contributed by atoms with Gasteiger partial charge in [-0.15, -0.1) is 0 Å². The quantitative estimate of drug-likeness (QED) is 0.778. The lowest BCUT2D eigenvalue weighted by atomic mass is 10.1. The molecule has 4 heteroatoms. The largest absolute Gasteiger partial charge is 0.468 e. The van der Waals surface area contributed by atoms with Gasteiger partial charge in [-0.25, -0.2) is 4.79 Å². The van der Waals surface area contributed by atoms with Gasteiger partial charge in [0.2, 0.25) is 0 Å². The Hall–Kier alpha value is -2.23. The minimum atomic E-state index is -0.463. The topological polar surface area (TPSA) is 48.7 Å². The summed E-state index contributed by atoms with van der Waals surface area (Å²) in [4.78, 5) is 11.5. The van der Waals surface area contributed by atoms with Crippen molar-refractivity contribution in [2.24, 2.45) is 0 Å². The van der Waals surface area contributed by atoms with E-state index in [2.05, 4.69) is 4.74 Å². The first-order chi connectivity index (χ1) is 8.74. The van der Waals surface area contributed by atoms with E-state index in [9.17, 15) is 4.79 Å². The van der Waals surface area contributed by atoms with E-state index in [-0.39, 0.29) is 5.95 Å². The molecule has 0 spiro atoms. The number of rotatable bonds is 4. The lowest BCUT2D eigenvalue weighted by Crippen LogP contribution is -2.01. The molecule has 0 amide bonds. The van der Waals surface area contributed by atoms with E-state index in [0.717, 1.165) is 5.56 Å². The summed E-state index contributed by atoms with van der Waals surface area (Å²) in [5.41, 5.74) is 1.41. The Morgan fingerprint density at radius 2 is 1.94 bits per heavy atom. The number of esters is 1. The second-order valence-corrected chi connectivity index (χ2v) is 3.77. The first kappa shape index (κ1) is 12.2. The van der Waals surface area contributed by atoms with Crippen LogP contribution >= 0.6 is 0 Å². The highest BCUT2D eigenvalue weighted by Crippen LogP contribution is 2.25. The zero-order valence-electron chi connectivity index (χ0n) is 10.3. The van der Waals surface area contributed by atoms with Crippen molar-refractivity contribution in [3.05, 3.63) is 53.3 Å². The van der Waals surface area contributed by atoms with Gasteiger partial charge in [-0.2, -0.15) is 0 Å². The third-order valence-electron chi connectivity index (χ3n) is 2.56. The van der Waals surface area contributed by atoms with Crippen LogP contribution in [0.4, 0.5) is 0 Å². The number of carbonyl (C=O) groups is 1. The summed E-state index contributed by atoms with van der Waals surface area (Å²) in [5.74, 6) is 0.390. The molecule has 0 atom stereocenters. The molecular formula is C14H14O4. The smallest absolute Gasteiger partial charge is 0.345 e. The Morgan fingerprint density at radius 3 is 2.56 bits per heavy atom. The summed E-state index contributed by atoms with van der Waals surface area (Å²) in [6.07, 6.45) is 0.605. The minimum Gasteiger partial charge on any atom is -0.468 e. The number of carbonyl (C=O) groups excluding carboxylic acids is 1. The second-order valence-electron chi connectivity index (χ2n) is 3.77. The fourth-order valence-corrected chi connectivity index (χ4v) is 1.71. The van der Waals surface area contributed by atoms with Crippen molar-refractivity contribution in [1.29, 1.82) is 0 Å². The molecule has 18 heavy (non-hydrogen) atoms. The molecule has 0 aliphatic rings. The van der Waals surface area contributed by atoms with Gasteiger partial charge < -0.3 is 13.9 Å². The molecule has 2 rings (SSSR count). The zero-order valence-corrected chi connectivity index (χ0v) is 10.3. The molecule has 0 saturated heterocycles. The fraction of sp³-hybridized carbons (Fsp3) is 0.214. The van der Waals surface area contributed by atoms with E-state index in [1.807, 2.05) is 30.3 Å². The lowest BCUT2D eigenvalue weighted by molar-refractivity contribution is 0.0594. The van der Waals surface area contributed by atoms with Crippen LogP contribution in [-0.2, 0) is 11.2 Å². The van der Waals surface area contributed by atoms with E-state index < -0.39 is 5.97 Å². The van der Waals surface area contributed by atoms with E-state index in [4.69, 9.17) is 9.15 Å². The predicted molar refractivity (Wildman–Crippen MR) is 65.8 cm³/mol. The summed E-state index contributed by atoms with van der Waals surface area (Å²) in [6, 6.07) is 11.5. The first-order valence-electron chi connectivity index (χ1n) is 5.53. The SMILES string of the molecule is COC(=O)c1cc(Cc2ccccc2)oc1OC. The number of benzene rings is 1. The molecular weight excluding hydrogens is 232 g/mol. The van der Waals surface area contributed by atoms with Crippen LogP contribution in [0.2, 0.25) is 0 Å². The maximum Gasteiger partial charge on any atom is 0.345 e. The number of hydrogen-bond acceptors (Lipinski definition) is 4. The van der Waals surface area contributed by atoms with Crippen molar-refractivity contribution in [3.63, 3.8) is 0 Å². The van der Waals surface area contributed by atoms with Gasteiger partial charge >= 0.3 is 5.97 Å². The summed E-state index contributed by atoms with van der Waals surface area (Å²) in [5, 5.41) is 0. The van der Waals surface area contributed by atoms with Crippen molar-refractivity contribution >= 4 is 5.97 Å². The minimum absolute atomic E-state index is 0.188. The van der Waals surface area contributed by atoms with Crippen LogP contribution in [0.15, 0.2) is 40.8 Å². The molecule has 0 unspecified atom stereocenters. The molecule has 0 bridgehead atoms. The first-order valence-corrected chi connectivity index (χ1v) is 5.53. The molecule has 0 fully saturated rings. The fourth-order valence-electron chi connectivity index (χ4n) is 1.71. The van der Waals surface area contributed by atoms with Crippen molar-refractivity contribution in [2.45, 2.75) is 6.42 Å². The average molecular weight is 246 g/mol. The number of methoxy groups -OCH3 is 2. The summed E-state index contributed by atoms with van der Waals surface area (Å²) < 4.78 is 15.2. The lowest BCUT2D eigenvalue weighted by Gasteiger charge is -1.97. The maximum atomic E-state index is 11.5. The highest BCUT2D eigenvalue weighted by Gasteiger charge is 2.19.